The molecule has 3 N–H and O–H groups in total. The van der Waals surface area contributed by atoms with E-state index >= 15 is 0 Å². The van der Waals surface area contributed by atoms with Crippen LogP contribution in [0.25, 0.3) is 10.9 Å². The molecule has 1 aromatic heterocycles. The zero-order chi connectivity index (χ0) is 20.4. The van der Waals surface area contributed by atoms with Crippen molar-refractivity contribution in [1.29, 1.82) is 5.26 Å². The second kappa shape index (κ2) is 8.23. The van der Waals surface area contributed by atoms with Crippen molar-refractivity contribution in [1.82, 2.24) is 15.2 Å². The Morgan fingerprint density at radius 2 is 2.10 bits per heavy atom. The highest BCUT2D eigenvalue weighted by molar-refractivity contribution is 7.90. The minimum absolute atomic E-state index is 0.00135. The van der Waals surface area contributed by atoms with Gasteiger partial charge in [-0.3, -0.25) is 9.52 Å². The number of anilines is 1. The molecular formula is C21H23N5O2S. The highest BCUT2D eigenvalue weighted by atomic mass is 32.2. The smallest absolute Gasteiger partial charge is 0.253 e. The molecule has 0 bridgehead atoms. The molecule has 1 saturated heterocycles. The van der Waals surface area contributed by atoms with E-state index in [1.165, 1.54) is 0 Å². The lowest BCUT2D eigenvalue weighted by molar-refractivity contribution is -0.127. The highest BCUT2D eigenvalue weighted by Crippen LogP contribution is 2.30. The molecule has 8 heteroatoms. The van der Waals surface area contributed by atoms with Crippen molar-refractivity contribution < 1.29 is 9.00 Å². The number of hydrogen-bond donors (Lipinski definition) is 3. The van der Waals surface area contributed by atoms with Crippen LogP contribution in [0.1, 0.15) is 24.0 Å². The number of aromatic nitrogens is 1. The number of allylic oxidation sites excluding steroid dienone is 2. The molecule has 4 rings (SSSR count). The molecule has 150 valence electrons. The van der Waals surface area contributed by atoms with E-state index in [-0.39, 0.29) is 5.91 Å². The molecular weight excluding hydrogens is 386 g/mol. The fourth-order valence-electron chi connectivity index (χ4n) is 3.78. The van der Waals surface area contributed by atoms with E-state index in [1.807, 2.05) is 30.0 Å². The number of carbonyl (C=O) groups is 1. The maximum absolute atomic E-state index is 13.0. The number of aromatic amines is 1. The number of nitrogens with zero attached hydrogens (tertiary/aromatic N) is 2. The van der Waals surface area contributed by atoms with E-state index in [0.29, 0.717) is 47.7 Å². The zero-order valence-corrected chi connectivity index (χ0v) is 17.1. The van der Waals surface area contributed by atoms with Crippen LogP contribution in [0.15, 0.2) is 41.0 Å². The third kappa shape index (κ3) is 3.84. The zero-order valence-electron chi connectivity index (χ0n) is 16.2. The first-order valence-electron chi connectivity index (χ1n) is 9.68. The molecule has 1 fully saturated rings. The van der Waals surface area contributed by atoms with Gasteiger partial charge in [0.1, 0.15) is 17.1 Å². The van der Waals surface area contributed by atoms with Crippen molar-refractivity contribution in [3.8, 4) is 6.07 Å². The van der Waals surface area contributed by atoms with Gasteiger partial charge in [0.15, 0.2) is 0 Å². The highest BCUT2D eigenvalue weighted by Gasteiger charge is 2.22. The number of aryl methyl sites for hydroxylation is 1. The minimum Gasteiger partial charge on any atom is -0.358 e. The normalized spacial score (nSPS) is 18.0. The van der Waals surface area contributed by atoms with Gasteiger partial charge in [0.05, 0.1) is 16.8 Å². The number of piperazine rings is 1. The Morgan fingerprint density at radius 3 is 2.86 bits per heavy atom. The molecule has 1 aromatic carbocycles. The fourth-order valence-corrected chi connectivity index (χ4v) is 4.82. The number of hydrogen-bond acceptors (Lipinski definition) is 4. The van der Waals surface area contributed by atoms with Crippen LogP contribution in [0, 0.1) is 18.3 Å². The van der Waals surface area contributed by atoms with E-state index in [9.17, 15) is 14.3 Å². The quantitative estimate of drug-likeness (QED) is 0.722. The summed E-state index contributed by atoms with van der Waals surface area (Å²) in [6, 6.07) is 5.95. The lowest BCUT2D eigenvalue weighted by atomic mass is 10.1. The van der Waals surface area contributed by atoms with Gasteiger partial charge in [0.25, 0.3) is 5.91 Å². The Kier molecular flexibility index (Phi) is 5.51. The van der Waals surface area contributed by atoms with Gasteiger partial charge in [-0.05, 0) is 37.5 Å². The van der Waals surface area contributed by atoms with Crippen molar-refractivity contribution in [3.63, 3.8) is 0 Å². The summed E-state index contributed by atoms with van der Waals surface area (Å²) in [7, 11) is -1.47. The lowest BCUT2D eigenvalue weighted by Gasteiger charge is -2.28. The van der Waals surface area contributed by atoms with Crippen LogP contribution in [0.5, 0.6) is 0 Å². The predicted molar refractivity (Wildman–Crippen MR) is 114 cm³/mol. The number of amides is 1. The minimum atomic E-state index is -1.47. The van der Waals surface area contributed by atoms with Crippen LogP contribution in [0.3, 0.4) is 0 Å². The maximum Gasteiger partial charge on any atom is 0.253 e. The van der Waals surface area contributed by atoms with Crippen molar-refractivity contribution in [2.45, 2.75) is 19.8 Å². The van der Waals surface area contributed by atoms with E-state index in [4.69, 9.17) is 0 Å². The Labute approximate surface area is 172 Å². The molecule has 2 aliphatic rings. The molecule has 0 saturated carbocycles. The van der Waals surface area contributed by atoms with Gasteiger partial charge in [0.2, 0.25) is 0 Å². The molecule has 0 radical (unpaired) electrons. The number of nitrogens with one attached hydrogen (secondary N) is 3. The maximum atomic E-state index is 13.0. The van der Waals surface area contributed by atoms with Crippen molar-refractivity contribution in [2.24, 2.45) is 0 Å². The molecule has 1 atom stereocenters. The second-order valence-corrected chi connectivity index (χ2v) is 8.48. The van der Waals surface area contributed by atoms with Gasteiger partial charge < -0.3 is 15.2 Å². The van der Waals surface area contributed by atoms with Crippen molar-refractivity contribution in [3.05, 3.63) is 52.1 Å². The van der Waals surface area contributed by atoms with Gasteiger partial charge in [-0.2, -0.15) is 5.26 Å². The average molecular weight is 410 g/mol. The predicted octanol–water partition coefficient (Wildman–Crippen LogP) is 2.46. The monoisotopic (exact) mass is 409 g/mol. The molecule has 1 aliphatic carbocycles. The molecule has 0 spiro atoms. The molecule has 1 amide bonds. The molecule has 1 aliphatic heterocycles. The van der Waals surface area contributed by atoms with Crippen LogP contribution < -0.4 is 10.0 Å². The standard InChI is InChI=1S/C21H23N5O2S/c1-14-5-6-18(20-19(14)16(12-22)13-24-20)25-29(28)17-4-2-3-15(11-17)21(27)26-9-7-23-8-10-26/h3,5-6,11,13,23-25H,2,4,7-10H2,1H3. The summed E-state index contributed by atoms with van der Waals surface area (Å²) < 4.78 is 16.1. The number of rotatable bonds is 4. The first-order valence-corrected chi connectivity index (χ1v) is 10.8. The summed E-state index contributed by atoms with van der Waals surface area (Å²) in [6.45, 7) is 4.92. The number of benzene rings is 1. The largest absolute Gasteiger partial charge is 0.358 e. The van der Waals surface area contributed by atoms with E-state index in [1.54, 1.807) is 12.3 Å². The Hall–Kier alpha value is -2.89. The summed E-state index contributed by atoms with van der Waals surface area (Å²) in [6.07, 6.45) is 6.69. The van der Waals surface area contributed by atoms with E-state index in [0.717, 1.165) is 29.6 Å². The molecule has 7 nitrogen and oxygen atoms in total. The summed E-state index contributed by atoms with van der Waals surface area (Å²) in [5.74, 6) is 0.00135. The summed E-state index contributed by atoms with van der Waals surface area (Å²) in [4.78, 5) is 18.4. The lowest BCUT2D eigenvalue weighted by Crippen LogP contribution is -2.46. The van der Waals surface area contributed by atoms with Crippen LogP contribution in [0.2, 0.25) is 0 Å². The average Bonchev–Trinajstić information content (AvgIpc) is 3.21. The summed E-state index contributed by atoms with van der Waals surface area (Å²) in [5.41, 5.74) is 3.60. The number of H-pyrrole nitrogens is 1. The van der Waals surface area contributed by atoms with Gasteiger partial charge in [-0.15, -0.1) is 0 Å². The topological polar surface area (TPSA) is 101 Å². The van der Waals surface area contributed by atoms with Crippen molar-refractivity contribution in [2.75, 3.05) is 30.9 Å². The van der Waals surface area contributed by atoms with Gasteiger partial charge >= 0.3 is 0 Å². The Morgan fingerprint density at radius 1 is 1.31 bits per heavy atom. The van der Waals surface area contributed by atoms with Crippen LogP contribution in [0.4, 0.5) is 5.69 Å². The first-order chi connectivity index (χ1) is 14.1. The van der Waals surface area contributed by atoms with E-state index in [2.05, 4.69) is 21.1 Å². The SMILES string of the molecule is Cc1ccc(NS(=O)C2=CC(C(=O)N3CCNCC3)=CCC2)c2[nH]cc(C#N)c12. The first kappa shape index (κ1) is 19.4. The fraction of sp³-hybridized carbons (Fsp3) is 0.333. The number of nitriles is 1. The molecule has 29 heavy (non-hydrogen) atoms. The summed E-state index contributed by atoms with van der Waals surface area (Å²) >= 11 is 0. The third-order valence-electron chi connectivity index (χ3n) is 5.33. The van der Waals surface area contributed by atoms with Crippen LogP contribution >= 0.6 is 0 Å². The number of carbonyl (C=O) groups excluding carboxylic acids is 1. The summed E-state index contributed by atoms with van der Waals surface area (Å²) in [5, 5.41) is 13.4. The molecule has 2 heterocycles. The van der Waals surface area contributed by atoms with Crippen molar-refractivity contribution >= 4 is 33.5 Å². The van der Waals surface area contributed by atoms with Gasteiger partial charge in [-0.1, -0.05) is 12.1 Å². The molecule has 1 unspecified atom stereocenters. The number of fused-ring (bicyclic) bond motifs is 1. The second-order valence-electron chi connectivity index (χ2n) is 7.22. The Balaban J connectivity index is 1.55. The van der Waals surface area contributed by atoms with E-state index < -0.39 is 11.0 Å². The third-order valence-corrected chi connectivity index (χ3v) is 6.53. The molecule has 2 aromatic rings. The van der Waals surface area contributed by atoms with Crippen LogP contribution in [-0.4, -0.2) is 46.2 Å². The van der Waals surface area contributed by atoms with Crippen LogP contribution in [-0.2, 0) is 15.8 Å². The van der Waals surface area contributed by atoms with Gasteiger partial charge in [0, 0.05) is 48.2 Å². The Bertz CT molecular complexity index is 1090. The van der Waals surface area contributed by atoms with Gasteiger partial charge in [-0.25, -0.2) is 4.21 Å².